The molecular weight excluding hydrogens is 398 g/mol. The molecule has 0 spiro atoms. The first-order valence-electron chi connectivity index (χ1n) is 9.23. The fourth-order valence-corrected chi connectivity index (χ4v) is 3.01. The lowest BCUT2D eigenvalue weighted by Crippen LogP contribution is -2.28. The summed E-state index contributed by atoms with van der Waals surface area (Å²) in [6, 6.07) is 5.31. The summed E-state index contributed by atoms with van der Waals surface area (Å²) in [6.45, 7) is 4.15. The molecule has 1 aromatic heterocycles. The van der Waals surface area contributed by atoms with E-state index in [1.165, 1.54) is 7.11 Å². The number of hydrogen-bond acceptors (Lipinski definition) is 6. The molecule has 3 rings (SSSR count). The fourth-order valence-electron chi connectivity index (χ4n) is 3.01. The van der Waals surface area contributed by atoms with E-state index in [0.29, 0.717) is 36.8 Å². The number of amides is 2. The summed E-state index contributed by atoms with van der Waals surface area (Å²) < 4.78 is 10.8. The van der Waals surface area contributed by atoms with Crippen LogP contribution in [0.5, 0.6) is 11.5 Å². The molecule has 0 saturated carbocycles. The largest absolute Gasteiger partial charge is 0.493 e. The number of aromatic amines is 1. The number of hydrogen-bond donors (Lipinski definition) is 4. The van der Waals surface area contributed by atoms with Gasteiger partial charge in [0.05, 0.1) is 7.11 Å². The first kappa shape index (κ1) is 22.5. The third-order valence-electron chi connectivity index (χ3n) is 4.44. The van der Waals surface area contributed by atoms with Gasteiger partial charge in [0.2, 0.25) is 0 Å². The van der Waals surface area contributed by atoms with E-state index in [-0.39, 0.29) is 30.8 Å². The van der Waals surface area contributed by atoms with Crippen LogP contribution in [0.25, 0.3) is 0 Å². The number of carbonyl (C=O) groups is 2. The normalized spacial score (nSPS) is 12.3. The molecule has 9 nitrogen and oxygen atoms in total. The quantitative estimate of drug-likeness (QED) is 0.501. The Morgan fingerprint density at radius 2 is 2.07 bits per heavy atom. The summed E-state index contributed by atoms with van der Waals surface area (Å²) in [5.74, 6) is 0.545. The van der Waals surface area contributed by atoms with Crippen molar-refractivity contribution in [3.05, 3.63) is 40.7 Å². The van der Waals surface area contributed by atoms with Crippen molar-refractivity contribution in [1.29, 1.82) is 0 Å². The van der Waals surface area contributed by atoms with E-state index in [1.807, 2.05) is 13.0 Å². The zero-order valence-electron chi connectivity index (χ0n) is 16.5. The van der Waals surface area contributed by atoms with Gasteiger partial charge in [-0.2, -0.15) is 5.10 Å². The monoisotopic (exact) mass is 423 g/mol. The summed E-state index contributed by atoms with van der Waals surface area (Å²) in [4.78, 5) is 24.0. The number of fused-ring (bicyclic) bond motifs is 1. The third-order valence-corrected chi connectivity index (χ3v) is 4.44. The predicted octanol–water partition coefficient (Wildman–Crippen LogP) is 0.931. The van der Waals surface area contributed by atoms with Gasteiger partial charge in [-0.05, 0) is 24.6 Å². The SMILES string of the molecule is CCNC(=O)COc1ccc(CNC(=O)c2n[nH]c3c2CNCC3)cc1OC.Cl. The number of nitrogens with zero attached hydrogens (tertiary/aromatic N) is 1. The van der Waals surface area contributed by atoms with Crippen LogP contribution in [0, 0.1) is 0 Å². The van der Waals surface area contributed by atoms with E-state index < -0.39 is 0 Å². The van der Waals surface area contributed by atoms with Crippen molar-refractivity contribution in [2.45, 2.75) is 26.4 Å². The lowest BCUT2D eigenvalue weighted by molar-refractivity contribution is -0.123. The van der Waals surface area contributed by atoms with Gasteiger partial charge in [0, 0.05) is 43.9 Å². The zero-order valence-corrected chi connectivity index (χ0v) is 17.3. The molecule has 0 unspecified atom stereocenters. The average Bonchev–Trinajstić information content (AvgIpc) is 3.15. The number of benzene rings is 1. The van der Waals surface area contributed by atoms with Crippen LogP contribution in [0.15, 0.2) is 18.2 Å². The lowest BCUT2D eigenvalue weighted by Gasteiger charge is -2.14. The minimum atomic E-state index is -0.225. The molecule has 158 valence electrons. The summed E-state index contributed by atoms with van der Waals surface area (Å²) in [7, 11) is 1.53. The number of ether oxygens (including phenoxy) is 2. The standard InChI is InChI=1S/C19H25N5O4.ClH/c1-3-21-17(25)11-28-15-5-4-12(8-16(15)27-2)9-22-19(26)18-13-10-20-7-6-14(13)23-24-18;/h4-5,8,20H,3,6-7,9-11H2,1-2H3,(H,21,25)(H,22,26)(H,23,24);1H. The summed E-state index contributed by atoms with van der Waals surface area (Å²) in [5, 5.41) is 15.9. The van der Waals surface area contributed by atoms with Crippen LogP contribution in [-0.4, -0.2) is 48.8 Å². The van der Waals surface area contributed by atoms with Crippen LogP contribution in [0.3, 0.4) is 0 Å². The Labute approximate surface area is 175 Å². The second-order valence-corrected chi connectivity index (χ2v) is 6.37. The second-order valence-electron chi connectivity index (χ2n) is 6.37. The third kappa shape index (κ3) is 5.61. The maximum atomic E-state index is 12.5. The Morgan fingerprint density at radius 3 is 2.83 bits per heavy atom. The van der Waals surface area contributed by atoms with E-state index >= 15 is 0 Å². The molecule has 1 aliphatic rings. The molecule has 0 saturated heterocycles. The van der Waals surface area contributed by atoms with Crippen LogP contribution < -0.4 is 25.4 Å². The minimum Gasteiger partial charge on any atom is -0.493 e. The number of carbonyl (C=O) groups excluding carboxylic acids is 2. The number of aromatic nitrogens is 2. The van der Waals surface area contributed by atoms with Gasteiger partial charge in [-0.3, -0.25) is 14.7 Å². The number of rotatable bonds is 8. The van der Waals surface area contributed by atoms with Crippen molar-refractivity contribution < 1.29 is 19.1 Å². The lowest BCUT2D eigenvalue weighted by atomic mass is 10.1. The number of H-pyrrole nitrogens is 1. The highest BCUT2D eigenvalue weighted by molar-refractivity contribution is 5.94. The van der Waals surface area contributed by atoms with Gasteiger partial charge in [-0.25, -0.2) is 0 Å². The van der Waals surface area contributed by atoms with Crippen LogP contribution in [0.1, 0.15) is 34.2 Å². The maximum absolute atomic E-state index is 12.5. The molecule has 1 aromatic carbocycles. The van der Waals surface area contributed by atoms with Crippen molar-refractivity contribution in [2.75, 3.05) is 26.8 Å². The Kier molecular flexibility index (Phi) is 8.29. The van der Waals surface area contributed by atoms with Crippen LogP contribution in [0.4, 0.5) is 0 Å². The molecule has 0 bridgehead atoms. The molecule has 1 aliphatic heterocycles. The zero-order chi connectivity index (χ0) is 19.9. The maximum Gasteiger partial charge on any atom is 0.272 e. The van der Waals surface area contributed by atoms with Crippen molar-refractivity contribution in [2.24, 2.45) is 0 Å². The van der Waals surface area contributed by atoms with Gasteiger partial charge in [0.25, 0.3) is 11.8 Å². The molecule has 0 radical (unpaired) electrons. The second kappa shape index (κ2) is 10.7. The molecule has 2 aromatic rings. The van der Waals surface area contributed by atoms with Gasteiger partial charge in [0.15, 0.2) is 23.8 Å². The molecule has 2 heterocycles. The van der Waals surface area contributed by atoms with Crippen molar-refractivity contribution in [3.8, 4) is 11.5 Å². The molecule has 10 heteroatoms. The van der Waals surface area contributed by atoms with Gasteiger partial charge in [-0.15, -0.1) is 12.4 Å². The molecule has 0 atom stereocenters. The van der Waals surface area contributed by atoms with E-state index in [1.54, 1.807) is 12.1 Å². The number of halogens is 1. The predicted molar refractivity (Wildman–Crippen MR) is 110 cm³/mol. The van der Waals surface area contributed by atoms with E-state index in [2.05, 4.69) is 26.1 Å². The minimum absolute atomic E-state index is 0. The highest BCUT2D eigenvalue weighted by Crippen LogP contribution is 2.28. The van der Waals surface area contributed by atoms with Gasteiger partial charge >= 0.3 is 0 Å². The Balaban J connectivity index is 0.00000300. The first-order chi connectivity index (χ1) is 13.6. The number of nitrogens with one attached hydrogen (secondary N) is 4. The Morgan fingerprint density at radius 1 is 1.24 bits per heavy atom. The highest BCUT2D eigenvalue weighted by atomic mass is 35.5. The average molecular weight is 424 g/mol. The summed E-state index contributed by atoms with van der Waals surface area (Å²) >= 11 is 0. The molecule has 0 fully saturated rings. The van der Waals surface area contributed by atoms with Crippen LogP contribution in [0.2, 0.25) is 0 Å². The van der Waals surface area contributed by atoms with Gasteiger partial charge in [0.1, 0.15) is 0 Å². The topological polar surface area (TPSA) is 117 Å². The van der Waals surface area contributed by atoms with Gasteiger partial charge < -0.3 is 25.4 Å². The van der Waals surface area contributed by atoms with Crippen molar-refractivity contribution >= 4 is 24.2 Å². The summed E-state index contributed by atoms with van der Waals surface area (Å²) in [5.41, 5.74) is 3.21. The van der Waals surface area contributed by atoms with E-state index in [0.717, 1.165) is 29.8 Å². The molecule has 4 N–H and O–H groups in total. The first-order valence-corrected chi connectivity index (χ1v) is 9.23. The molecule has 0 aliphatic carbocycles. The van der Waals surface area contributed by atoms with Crippen LogP contribution in [-0.2, 0) is 24.3 Å². The smallest absolute Gasteiger partial charge is 0.272 e. The fraction of sp³-hybridized carbons (Fsp3) is 0.421. The van der Waals surface area contributed by atoms with E-state index in [4.69, 9.17) is 9.47 Å². The van der Waals surface area contributed by atoms with Gasteiger partial charge in [-0.1, -0.05) is 6.07 Å². The summed E-state index contributed by atoms with van der Waals surface area (Å²) in [6.07, 6.45) is 0.838. The van der Waals surface area contributed by atoms with Crippen LogP contribution >= 0.6 is 12.4 Å². The Bertz CT molecular complexity index is 855. The Hall–Kier alpha value is -2.78. The number of likely N-dealkylation sites (N-methyl/N-ethyl adjacent to an activating group) is 1. The highest BCUT2D eigenvalue weighted by Gasteiger charge is 2.21. The van der Waals surface area contributed by atoms with Crippen molar-refractivity contribution in [3.63, 3.8) is 0 Å². The van der Waals surface area contributed by atoms with Crippen molar-refractivity contribution in [1.82, 2.24) is 26.1 Å². The molecule has 29 heavy (non-hydrogen) atoms. The number of methoxy groups -OCH3 is 1. The van der Waals surface area contributed by atoms with E-state index in [9.17, 15) is 9.59 Å². The molecule has 2 amide bonds. The molecular formula is C19H26ClN5O4.